The predicted octanol–water partition coefficient (Wildman–Crippen LogP) is 1.53. The lowest BCUT2D eigenvalue weighted by Crippen LogP contribution is -2.26. The topological polar surface area (TPSA) is 93.4 Å². The van der Waals surface area contributed by atoms with Crippen LogP contribution in [0.15, 0.2) is 48.5 Å². The first-order valence-corrected chi connectivity index (χ1v) is 6.71. The maximum Gasteiger partial charge on any atom is 0.243 e. The zero-order valence-corrected chi connectivity index (χ0v) is 11.9. The molecule has 2 aromatic carbocycles. The van der Waals surface area contributed by atoms with Gasteiger partial charge >= 0.3 is 0 Å². The summed E-state index contributed by atoms with van der Waals surface area (Å²) in [4.78, 5) is 21.5. The Morgan fingerprint density at radius 3 is 2.41 bits per heavy atom. The van der Waals surface area contributed by atoms with Gasteiger partial charge in [0.1, 0.15) is 12.4 Å². The van der Waals surface area contributed by atoms with Crippen molar-refractivity contribution in [3.63, 3.8) is 0 Å². The summed E-state index contributed by atoms with van der Waals surface area (Å²) in [5.74, 6) is 0.462. The fourth-order valence-electron chi connectivity index (χ4n) is 1.75. The molecule has 0 aromatic heterocycles. The number of amides is 2. The molecule has 22 heavy (non-hydrogen) atoms. The molecule has 0 bridgehead atoms. The molecule has 2 aromatic rings. The number of hydrogen-bond donors (Lipinski definition) is 3. The normalized spacial score (nSPS) is 9.82. The van der Waals surface area contributed by atoms with Gasteiger partial charge in [-0.1, -0.05) is 12.1 Å². The minimum Gasteiger partial charge on any atom is -0.489 e. The number of carbonyl (C=O) groups excluding carboxylic acids is 2. The second-order valence-corrected chi connectivity index (χ2v) is 4.60. The highest BCUT2D eigenvalue weighted by Gasteiger charge is 2.02. The Balaban J connectivity index is 1.85. The Labute approximate surface area is 128 Å². The maximum atomic E-state index is 11.4. The summed E-state index contributed by atoms with van der Waals surface area (Å²) in [6, 6.07) is 14.5. The van der Waals surface area contributed by atoms with Crippen molar-refractivity contribution in [2.45, 2.75) is 6.61 Å². The van der Waals surface area contributed by atoms with Crippen molar-refractivity contribution in [2.24, 2.45) is 0 Å². The van der Waals surface area contributed by atoms with Crippen molar-refractivity contribution in [1.82, 2.24) is 5.32 Å². The quantitative estimate of drug-likeness (QED) is 0.534. The van der Waals surface area contributed by atoms with Gasteiger partial charge in [-0.05, 0) is 42.0 Å². The molecule has 0 unspecified atom stereocenters. The van der Waals surface area contributed by atoms with Gasteiger partial charge in [0.05, 0.1) is 6.54 Å². The van der Waals surface area contributed by atoms with E-state index in [0.717, 1.165) is 11.3 Å². The van der Waals surface area contributed by atoms with Gasteiger partial charge in [0, 0.05) is 11.4 Å². The number of ether oxygens (including phenoxy) is 1. The van der Waals surface area contributed by atoms with Gasteiger partial charge in [-0.3, -0.25) is 9.59 Å². The number of anilines is 2. The second-order valence-electron chi connectivity index (χ2n) is 4.60. The number of hydrogen-bond acceptors (Lipinski definition) is 4. The minimum absolute atomic E-state index is 0.0501. The van der Waals surface area contributed by atoms with Crippen LogP contribution in [0.4, 0.5) is 11.4 Å². The van der Waals surface area contributed by atoms with Crippen LogP contribution >= 0.6 is 0 Å². The molecule has 6 heteroatoms. The average molecular weight is 299 g/mol. The Kier molecular flexibility index (Phi) is 5.37. The zero-order chi connectivity index (χ0) is 15.8. The van der Waals surface area contributed by atoms with Crippen LogP contribution in [0, 0.1) is 0 Å². The van der Waals surface area contributed by atoms with Gasteiger partial charge in [0.2, 0.25) is 12.3 Å². The van der Waals surface area contributed by atoms with E-state index in [1.54, 1.807) is 24.3 Å². The monoisotopic (exact) mass is 299 g/mol. The summed E-state index contributed by atoms with van der Waals surface area (Å²) in [5, 5.41) is 4.97. The minimum atomic E-state index is -0.280. The van der Waals surface area contributed by atoms with Crippen LogP contribution < -0.4 is 21.1 Å². The van der Waals surface area contributed by atoms with Gasteiger partial charge in [0.25, 0.3) is 0 Å². The summed E-state index contributed by atoms with van der Waals surface area (Å²) >= 11 is 0. The van der Waals surface area contributed by atoms with Crippen molar-refractivity contribution < 1.29 is 14.3 Å². The molecule has 4 N–H and O–H groups in total. The van der Waals surface area contributed by atoms with E-state index >= 15 is 0 Å². The lowest BCUT2D eigenvalue weighted by molar-refractivity contribution is -0.118. The summed E-state index contributed by atoms with van der Waals surface area (Å²) in [6.07, 6.45) is 0.483. The number of carbonyl (C=O) groups is 2. The first kappa shape index (κ1) is 15.4. The molecule has 2 amide bonds. The van der Waals surface area contributed by atoms with Crippen LogP contribution in [0.1, 0.15) is 5.56 Å². The fraction of sp³-hybridized carbons (Fsp3) is 0.125. The highest BCUT2D eigenvalue weighted by Crippen LogP contribution is 2.16. The third-order valence-electron chi connectivity index (χ3n) is 2.87. The summed E-state index contributed by atoms with van der Waals surface area (Å²) in [5.41, 5.74) is 7.93. The molecular formula is C16H17N3O3. The number of benzene rings is 2. The molecule has 0 fully saturated rings. The van der Waals surface area contributed by atoms with Crippen molar-refractivity contribution in [3.05, 3.63) is 54.1 Å². The molecule has 2 rings (SSSR count). The summed E-state index contributed by atoms with van der Waals surface area (Å²) in [6.45, 7) is 0.371. The lowest BCUT2D eigenvalue weighted by Gasteiger charge is -2.08. The summed E-state index contributed by atoms with van der Waals surface area (Å²) in [7, 11) is 0. The number of rotatable bonds is 7. The standard InChI is InChI=1S/C16H17N3O3/c17-13-3-7-15(8-4-13)22-10-12-1-5-14(6-2-12)19-16(21)9-18-11-20/h1-8,11H,9-10,17H2,(H,18,20)(H,19,21). The van der Waals surface area contributed by atoms with Crippen molar-refractivity contribution in [2.75, 3.05) is 17.6 Å². The molecule has 0 aliphatic carbocycles. The fourth-order valence-corrected chi connectivity index (χ4v) is 1.75. The molecule has 0 radical (unpaired) electrons. The number of nitrogens with two attached hydrogens (primary N) is 1. The van der Waals surface area contributed by atoms with Gasteiger partial charge in [-0.25, -0.2) is 0 Å². The Morgan fingerprint density at radius 1 is 1.09 bits per heavy atom. The van der Waals surface area contributed by atoms with Crippen LogP contribution in [0.25, 0.3) is 0 Å². The van der Waals surface area contributed by atoms with E-state index in [1.807, 2.05) is 24.3 Å². The van der Waals surface area contributed by atoms with Crippen molar-refractivity contribution in [3.8, 4) is 5.75 Å². The first-order valence-electron chi connectivity index (χ1n) is 6.71. The van der Waals surface area contributed by atoms with Gasteiger partial charge < -0.3 is 21.1 Å². The first-order chi connectivity index (χ1) is 10.7. The van der Waals surface area contributed by atoms with E-state index in [4.69, 9.17) is 10.5 Å². The number of nitrogen functional groups attached to an aromatic ring is 1. The largest absolute Gasteiger partial charge is 0.489 e. The molecule has 0 saturated carbocycles. The van der Waals surface area contributed by atoms with E-state index in [9.17, 15) is 9.59 Å². The van der Waals surface area contributed by atoms with Crippen LogP contribution in [0.2, 0.25) is 0 Å². The Bertz CT molecular complexity index is 624. The molecular weight excluding hydrogens is 282 g/mol. The lowest BCUT2D eigenvalue weighted by atomic mass is 10.2. The molecule has 114 valence electrons. The molecule has 0 atom stereocenters. The summed E-state index contributed by atoms with van der Waals surface area (Å²) < 4.78 is 5.63. The van der Waals surface area contributed by atoms with Gasteiger partial charge in [-0.15, -0.1) is 0 Å². The smallest absolute Gasteiger partial charge is 0.243 e. The zero-order valence-electron chi connectivity index (χ0n) is 11.9. The van der Waals surface area contributed by atoms with Crippen LogP contribution in [0.3, 0.4) is 0 Å². The van der Waals surface area contributed by atoms with E-state index in [2.05, 4.69) is 10.6 Å². The molecule has 0 spiro atoms. The van der Waals surface area contributed by atoms with Crippen LogP contribution in [-0.2, 0) is 16.2 Å². The molecule has 0 aliphatic heterocycles. The van der Waals surface area contributed by atoms with E-state index in [1.165, 1.54) is 0 Å². The predicted molar refractivity (Wildman–Crippen MR) is 84.3 cm³/mol. The van der Waals surface area contributed by atoms with Gasteiger partial charge in [-0.2, -0.15) is 0 Å². The third kappa shape index (κ3) is 4.82. The second kappa shape index (κ2) is 7.68. The Hall–Kier alpha value is -3.02. The maximum absolute atomic E-state index is 11.4. The molecule has 6 nitrogen and oxygen atoms in total. The average Bonchev–Trinajstić information content (AvgIpc) is 2.54. The van der Waals surface area contributed by atoms with E-state index in [0.29, 0.717) is 24.4 Å². The van der Waals surface area contributed by atoms with Crippen LogP contribution in [0.5, 0.6) is 5.75 Å². The van der Waals surface area contributed by atoms with Crippen LogP contribution in [-0.4, -0.2) is 18.9 Å². The van der Waals surface area contributed by atoms with E-state index < -0.39 is 0 Å². The molecule has 0 saturated heterocycles. The molecule has 0 aliphatic rings. The SMILES string of the molecule is Nc1ccc(OCc2ccc(NC(=O)CNC=O)cc2)cc1. The third-order valence-corrected chi connectivity index (χ3v) is 2.87. The van der Waals surface area contributed by atoms with E-state index in [-0.39, 0.29) is 12.5 Å². The highest BCUT2D eigenvalue weighted by molar-refractivity contribution is 5.93. The van der Waals surface area contributed by atoms with Crippen molar-refractivity contribution >= 4 is 23.7 Å². The number of nitrogens with one attached hydrogen (secondary N) is 2. The van der Waals surface area contributed by atoms with Gasteiger partial charge in [0.15, 0.2) is 0 Å². The molecule has 0 heterocycles. The Morgan fingerprint density at radius 2 is 1.77 bits per heavy atom. The highest BCUT2D eigenvalue weighted by atomic mass is 16.5. The van der Waals surface area contributed by atoms with Crippen molar-refractivity contribution in [1.29, 1.82) is 0 Å².